The second-order valence-electron chi connectivity index (χ2n) is 6.70. The first-order valence-corrected chi connectivity index (χ1v) is 10.3. The summed E-state index contributed by atoms with van der Waals surface area (Å²) in [5.41, 5.74) is 3.29. The number of carbonyl (C=O) groups excluding carboxylic acids is 1. The Hall–Kier alpha value is -3.09. The molecule has 0 spiro atoms. The van der Waals surface area contributed by atoms with Crippen LogP contribution in [0, 0.1) is 0 Å². The lowest BCUT2D eigenvalue weighted by molar-refractivity contribution is -0.136. The number of halogens is 2. The number of benzene rings is 2. The van der Waals surface area contributed by atoms with Crippen LogP contribution in [0.15, 0.2) is 54.7 Å². The van der Waals surface area contributed by atoms with Crippen molar-refractivity contribution in [3.8, 4) is 17.0 Å². The Kier molecular flexibility index (Phi) is 7.50. The van der Waals surface area contributed by atoms with Crippen molar-refractivity contribution in [1.82, 2.24) is 10.3 Å². The molecular weight excluding hydrogens is 439 g/mol. The third kappa shape index (κ3) is 5.96. The lowest BCUT2D eigenvalue weighted by atomic mass is 10.0. The van der Waals surface area contributed by atoms with Gasteiger partial charge in [0.2, 0.25) is 5.88 Å². The van der Waals surface area contributed by atoms with Gasteiger partial charge in [-0.25, -0.2) is 4.98 Å². The minimum atomic E-state index is -0.897. The molecule has 3 rings (SSSR count). The van der Waals surface area contributed by atoms with E-state index in [9.17, 15) is 9.59 Å². The molecule has 0 unspecified atom stereocenters. The average molecular weight is 459 g/mol. The molecule has 2 aromatic carbocycles. The van der Waals surface area contributed by atoms with Gasteiger partial charge in [0.05, 0.1) is 23.6 Å². The highest BCUT2D eigenvalue weighted by Gasteiger charge is 2.14. The van der Waals surface area contributed by atoms with Crippen LogP contribution in [-0.2, 0) is 17.8 Å². The van der Waals surface area contributed by atoms with Crippen molar-refractivity contribution in [3.63, 3.8) is 0 Å². The van der Waals surface area contributed by atoms with Crippen molar-refractivity contribution in [2.45, 2.75) is 19.9 Å². The predicted molar refractivity (Wildman–Crippen MR) is 120 cm³/mol. The predicted octanol–water partition coefficient (Wildman–Crippen LogP) is 5.01. The number of carbonyl (C=O) groups is 2. The number of nitrogens with one attached hydrogen (secondary N) is 1. The smallest absolute Gasteiger partial charge is 0.307 e. The van der Waals surface area contributed by atoms with Gasteiger partial charge in [-0.15, -0.1) is 0 Å². The summed E-state index contributed by atoms with van der Waals surface area (Å²) in [6.45, 7) is 2.44. The molecule has 31 heavy (non-hydrogen) atoms. The van der Waals surface area contributed by atoms with Crippen LogP contribution in [0.25, 0.3) is 11.1 Å². The SMILES string of the molecule is CCOc1ncc(-c2cccc(CC(=O)O)c2)cc1CNC(=O)c1ccc(Cl)cc1Cl. The molecule has 8 heteroatoms. The molecule has 1 heterocycles. The number of carboxylic acids is 1. The monoisotopic (exact) mass is 458 g/mol. The van der Waals surface area contributed by atoms with E-state index in [4.69, 9.17) is 33.0 Å². The molecule has 0 aliphatic rings. The number of ether oxygens (including phenoxy) is 1. The Morgan fingerprint density at radius 1 is 1.10 bits per heavy atom. The normalized spacial score (nSPS) is 10.5. The first-order chi connectivity index (χ1) is 14.9. The molecular formula is C23H20Cl2N2O4. The van der Waals surface area contributed by atoms with Crippen molar-refractivity contribution in [1.29, 1.82) is 0 Å². The molecule has 2 N–H and O–H groups in total. The van der Waals surface area contributed by atoms with Gasteiger partial charge in [0.25, 0.3) is 5.91 Å². The number of aliphatic carboxylic acids is 1. The molecule has 0 bridgehead atoms. The molecule has 0 radical (unpaired) electrons. The molecule has 0 saturated carbocycles. The maximum absolute atomic E-state index is 12.6. The van der Waals surface area contributed by atoms with Crippen LogP contribution in [0.2, 0.25) is 10.0 Å². The average Bonchev–Trinajstić information content (AvgIpc) is 2.72. The van der Waals surface area contributed by atoms with E-state index in [1.807, 2.05) is 19.1 Å². The van der Waals surface area contributed by atoms with Crippen LogP contribution < -0.4 is 10.1 Å². The summed E-state index contributed by atoms with van der Waals surface area (Å²) in [5.74, 6) is -0.834. The molecule has 0 saturated heterocycles. The number of rotatable bonds is 8. The van der Waals surface area contributed by atoms with Crippen molar-refractivity contribution in [3.05, 3.63) is 81.5 Å². The zero-order valence-electron chi connectivity index (χ0n) is 16.7. The molecule has 1 amide bonds. The highest BCUT2D eigenvalue weighted by atomic mass is 35.5. The highest BCUT2D eigenvalue weighted by Crippen LogP contribution is 2.26. The summed E-state index contributed by atoms with van der Waals surface area (Å²) in [6, 6.07) is 13.8. The van der Waals surface area contributed by atoms with Crippen molar-refractivity contribution in [2.75, 3.05) is 6.61 Å². The lowest BCUT2D eigenvalue weighted by Crippen LogP contribution is -2.23. The Labute approximate surface area is 189 Å². The van der Waals surface area contributed by atoms with Gasteiger partial charge in [0.1, 0.15) is 0 Å². The van der Waals surface area contributed by atoms with E-state index in [1.54, 1.807) is 36.5 Å². The largest absolute Gasteiger partial charge is 0.481 e. The minimum Gasteiger partial charge on any atom is -0.481 e. The summed E-state index contributed by atoms with van der Waals surface area (Å²) in [7, 11) is 0. The van der Waals surface area contributed by atoms with E-state index in [0.717, 1.165) is 11.1 Å². The van der Waals surface area contributed by atoms with Crippen molar-refractivity contribution < 1.29 is 19.4 Å². The van der Waals surface area contributed by atoms with Gasteiger partial charge < -0.3 is 15.2 Å². The van der Waals surface area contributed by atoms with Crippen LogP contribution in [0.4, 0.5) is 0 Å². The van der Waals surface area contributed by atoms with Crippen molar-refractivity contribution >= 4 is 35.1 Å². The topological polar surface area (TPSA) is 88.5 Å². The molecule has 0 aliphatic carbocycles. The van der Waals surface area contributed by atoms with Crippen LogP contribution in [0.1, 0.15) is 28.4 Å². The molecule has 0 atom stereocenters. The van der Waals surface area contributed by atoms with Gasteiger partial charge in [0, 0.05) is 28.9 Å². The van der Waals surface area contributed by atoms with E-state index < -0.39 is 5.97 Å². The number of nitrogens with zero attached hydrogens (tertiary/aromatic N) is 1. The summed E-state index contributed by atoms with van der Waals surface area (Å²) in [5, 5.41) is 12.6. The lowest BCUT2D eigenvalue weighted by Gasteiger charge is -2.13. The van der Waals surface area contributed by atoms with E-state index in [2.05, 4.69) is 10.3 Å². The maximum Gasteiger partial charge on any atom is 0.307 e. The fourth-order valence-corrected chi connectivity index (χ4v) is 3.52. The maximum atomic E-state index is 12.6. The Balaban J connectivity index is 1.85. The third-order valence-corrected chi connectivity index (χ3v) is 4.99. The summed E-state index contributed by atoms with van der Waals surface area (Å²) in [4.78, 5) is 28.0. The van der Waals surface area contributed by atoms with Crippen LogP contribution >= 0.6 is 23.2 Å². The fraction of sp³-hybridized carbons (Fsp3) is 0.174. The van der Waals surface area contributed by atoms with Gasteiger partial charge in [-0.3, -0.25) is 9.59 Å². The summed E-state index contributed by atoms with van der Waals surface area (Å²) in [6.07, 6.45) is 1.59. The van der Waals surface area contributed by atoms with Gasteiger partial charge in [-0.2, -0.15) is 0 Å². The Morgan fingerprint density at radius 2 is 1.90 bits per heavy atom. The molecule has 6 nitrogen and oxygen atoms in total. The number of hydrogen-bond acceptors (Lipinski definition) is 4. The third-order valence-electron chi connectivity index (χ3n) is 4.44. The molecule has 160 valence electrons. The standard InChI is InChI=1S/C23H20Cl2N2O4/c1-2-31-23-17(13-26-22(30)19-7-6-18(24)11-20(19)25)10-16(12-27-23)15-5-3-4-14(8-15)9-21(28)29/h3-8,10-12H,2,9,13H2,1H3,(H,26,30)(H,28,29). The molecule has 3 aromatic rings. The number of carboxylic acid groups (broad SMARTS) is 1. The van der Waals surface area contributed by atoms with Crippen molar-refractivity contribution in [2.24, 2.45) is 0 Å². The fourth-order valence-electron chi connectivity index (χ4n) is 3.03. The van der Waals surface area contributed by atoms with Crippen LogP contribution in [0.5, 0.6) is 5.88 Å². The highest BCUT2D eigenvalue weighted by molar-refractivity contribution is 6.36. The molecule has 0 fully saturated rings. The van der Waals surface area contributed by atoms with E-state index in [-0.39, 0.29) is 23.9 Å². The van der Waals surface area contributed by atoms with Gasteiger partial charge in [-0.05, 0) is 42.3 Å². The number of aromatic nitrogens is 1. The van der Waals surface area contributed by atoms with E-state index >= 15 is 0 Å². The second kappa shape index (κ2) is 10.3. The Bertz CT molecular complexity index is 1120. The number of amides is 1. The summed E-state index contributed by atoms with van der Waals surface area (Å²) < 4.78 is 5.60. The zero-order chi connectivity index (χ0) is 22.4. The zero-order valence-corrected chi connectivity index (χ0v) is 18.2. The van der Waals surface area contributed by atoms with Gasteiger partial charge in [-0.1, -0.05) is 47.5 Å². The first kappa shape index (κ1) is 22.6. The number of pyridine rings is 1. The van der Waals surface area contributed by atoms with Crippen LogP contribution in [0.3, 0.4) is 0 Å². The van der Waals surface area contributed by atoms with Gasteiger partial charge >= 0.3 is 5.97 Å². The van der Waals surface area contributed by atoms with Crippen LogP contribution in [-0.4, -0.2) is 28.6 Å². The second-order valence-corrected chi connectivity index (χ2v) is 7.54. The first-order valence-electron chi connectivity index (χ1n) is 9.53. The van der Waals surface area contributed by atoms with Gasteiger partial charge in [0.15, 0.2) is 0 Å². The summed E-state index contributed by atoms with van der Waals surface area (Å²) >= 11 is 12.0. The number of hydrogen-bond donors (Lipinski definition) is 2. The van der Waals surface area contributed by atoms with E-state index in [0.29, 0.717) is 34.2 Å². The quantitative estimate of drug-likeness (QED) is 0.495. The van der Waals surface area contributed by atoms with E-state index in [1.165, 1.54) is 6.07 Å². The minimum absolute atomic E-state index is 0.0664. The Morgan fingerprint density at radius 3 is 2.61 bits per heavy atom. The molecule has 0 aliphatic heterocycles. The molecule has 1 aromatic heterocycles.